The summed E-state index contributed by atoms with van der Waals surface area (Å²) >= 11 is 0. The summed E-state index contributed by atoms with van der Waals surface area (Å²) in [6.45, 7) is 5.89. The summed E-state index contributed by atoms with van der Waals surface area (Å²) in [7, 11) is 0. The first-order chi connectivity index (χ1) is 9.01. The number of hydrazine groups is 1. The fourth-order valence-electron chi connectivity index (χ4n) is 1.86. The lowest BCUT2D eigenvalue weighted by Crippen LogP contribution is -2.40. The molecule has 0 fully saturated rings. The Morgan fingerprint density at radius 3 is 2.47 bits per heavy atom. The highest BCUT2D eigenvalue weighted by Crippen LogP contribution is 2.22. The first-order valence-corrected chi connectivity index (χ1v) is 6.37. The molecule has 1 heterocycles. The predicted octanol–water partition coefficient (Wildman–Crippen LogP) is 0.637. The molecule has 1 aromatic heterocycles. The van der Waals surface area contributed by atoms with E-state index in [1.807, 2.05) is 20.8 Å². The Morgan fingerprint density at radius 1 is 1.37 bits per heavy atom. The smallest absolute Gasteiger partial charge is 0.240 e. The lowest BCUT2D eigenvalue weighted by molar-refractivity contribution is -0.119. The van der Waals surface area contributed by atoms with Gasteiger partial charge in [0.15, 0.2) is 0 Å². The highest BCUT2D eigenvalue weighted by molar-refractivity contribution is 5.83. The third-order valence-electron chi connectivity index (χ3n) is 2.85. The van der Waals surface area contributed by atoms with E-state index in [1.54, 1.807) is 0 Å². The molecule has 106 valence electrons. The maximum Gasteiger partial charge on any atom is 0.240 e. The van der Waals surface area contributed by atoms with Gasteiger partial charge in [-0.25, -0.2) is 15.8 Å². The van der Waals surface area contributed by atoms with Crippen molar-refractivity contribution in [2.24, 2.45) is 17.5 Å². The fourth-order valence-corrected chi connectivity index (χ4v) is 1.86. The van der Waals surface area contributed by atoms with Gasteiger partial charge in [-0.15, -0.1) is 0 Å². The number of anilines is 2. The van der Waals surface area contributed by atoms with E-state index in [1.165, 1.54) is 6.33 Å². The number of hydrogen-bond acceptors (Lipinski definition) is 6. The van der Waals surface area contributed by atoms with Crippen LogP contribution in [0.2, 0.25) is 0 Å². The van der Waals surface area contributed by atoms with Crippen LogP contribution in [0.1, 0.15) is 32.8 Å². The Morgan fingerprint density at radius 2 is 2.00 bits per heavy atom. The molecule has 7 heteroatoms. The minimum absolute atomic E-state index is 0.0660. The van der Waals surface area contributed by atoms with Gasteiger partial charge in [-0.3, -0.25) is 4.79 Å². The van der Waals surface area contributed by atoms with Crippen LogP contribution in [0.5, 0.6) is 0 Å². The summed E-state index contributed by atoms with van der Waals surface area (Å²) in [6.07, 6.45) is 3.07. The molecule has 0 aliphatic heterocycles. The highest BCUT2D eigenvalue weighted by Gasteiger charge is 2.21. The van der Waals surface area contributed by atoms with Crippen molar-refractivity contribution in [2.45, 2.75) is 39.7 Å². The van der Waals surface area contributed by atoms with Gasteiger partial charge in [-0.2, -0.15) is 0 Å². The van der Waals surface area contributed by atoms with Gasteiger partial charge in [-0.1, -0.05) is 27.2 Å². The van der Waals surface area contributed by atoms with E-state index in [9.17, 15) is 4.79 Å². The zero-order valence-corrected chi connectivity index (χ0v) is 11.6. The molecule has 0 aliphatic carbocycles. The van der Waals surface area contributed by atoms with E-state index >= 15 is 0 Å². The minimum atomic E-state index is -0.476. The molecule has 1 amide bonds. The van der Waals surface area contributed by atoms with Crippen molar-refractivity contribution in [3.05, 3.63) is 11.9 Å². The molecule has 0 aromatic carbocycles. The van der Waals surface area contributed by atoms with Gasteiger partial charge in [0.25, 0.3) is 0 Å². The van der Waals surface area contributed by atoms with Crippen molar-refractivity contribution in [3.8, 4) is 0 Å². The average molecular weight is 266 g/mol. The fraction of sp³-hybridized carbons (Fsp3) is 0.583. The monoisotopic (exact) mass is 266 g/mol. The normalized spacial score (nSPS) is 12.3. The summed E-state index contributed by atoms with van der Waals surface area (Å²) < 4.78 is 0. The average Bonchev–Trinajstić information content (AvgIpc) is 2.36. The molecule has 0 saturated heterocycles. The molecule has 0 bridgehead atoms. The highest BCUT2D eigenvalue weighted by atomic mass is 16.1. The molecule has 1 rings (SSSR count). The van der Waals surface area contributed by atoms with Crippen LogP contribution in [-0.4, -0.2) is 21.9 Å². The molecule has 6 N–H and O–H groups in total. The molecule has 19 heavy (non-hydrogen) atoms. The third-order valence-corrected chi connectivity index (χ3v) is 2.85. The van der Waals surface area contributed by atoms with Gasteiger partial charge in [0.1, 0.15) is 24.0 Å². The number of nitrogens with zero attached hydrogens (tertiary/aromatic N) is 2. The minimum Gasteiger partial charge on any atom is -0.368 e. The molecule has 1 unspecified atom stereocenters. The second kappa shape index (κ2) is 6.89. The number of nitrogens with one attached hydrogen (secondary N) is 2. The number of aromatic nitrogens is 2. The van der Waals surface area contributed by atoms with Crippen LogP contribution in [0.15, 0.2) is 6.33 Å². The van der Waals surface area contributed by atoms with Gasteiger partial charge in [0.05, 0.1) is 0 Å². The van der Waals surface area contributed by atoms with Crippen molar-refractivity contribution in [1.82, 2.24) is 9.97 Å². The lowest BCUT2D eigenvalue weighted by Gasteiger charge is -2.21. The quantitative estimate of drug-likeness (QED) is 0.424. The Balaban J connectivity index is 3.08. The Bertz CT molecular complexity index is 434. The van der Waals surface area contributed by atoms with E-state index in [0.29, 0.717) is 11.6 Å². The Labute approximate surface area is 113 Å². The summed E-state index contributed by atoms with van der Waals surface area (Å²) in [6, 6.07) is -0.476. The van der Waals surface area contributed by atoms with Crippen molar-refractivity contribution in [1.29, 1.82) is 0 Å². The molecule has 7 nitrogen and oxygen atoms in total. The number of nitrogens with two attached hydrogens (primary N) is 2. The second-order valence-electron chi connectivity index (χ2n) is 4.71. The predicted molar refractivity (Wildman–Crippen MR) is 75.3 cm³/mol. The zero-order valence-electron chi connectivity index (χ0n) is 11.6. The number of amides is 1. The van der Waals surface area contributed by atoms with Gasteiger partial charge >= 0.3 is 0 Å². The van der Waals surface area contributed by atoms with E-state index in [-0.39, 0.29) is 5.92 Å². The van der Waals surface area contributed by atoms with Crippen molar-refractivity contribution >= 4 is 17.5 Å². The Hall–Kier alpha value is -1.89. The van der Waals surface area contributed by atoms with Crippen LogP contribution in [0.25, 0.3) is 0 Å². The molecule has 0 saturated carbocycles. The number of carbonyl (C=O) groups excluding carboxylic acids is 1. The third kappa shape index (κ3) is 3.78. The van der Waals surface area contributed by atoms with Gasteiger partial charge in [0, 0.05) is 5.56 Å². The summed E-state index contributed by atoms with van der Waals surface area (Å²) in [5.41, 5.74) is 8.80. The number of carbonyl (C=O) groups is 1. The molecule has 0 aliphatic rings. The maximum atomic E-state index is 11.4. The van der Waals surface area contributed by atoms with E-state index < -0.39 is 11.9 Å². The first kappa shape index (κ1) is 15.2. The van der Waals surface area contributed by atoms with Crippen LogP contribution in [0.4, 0.5) is 11.6 Å². The van der Waals surface area contributed by atoms with E-state index in [2.05, 4.69) is 20.7 Å². The molecular weight excluding hydrogens is 244 g/mol. The molecule has 0 radical (unpaired) electrons. The van der Waals surface area contributed by atoms with Crippen LogP contribution in [-0.2, 0) is 11.2 Å². The summed E-state index contributed by atoms with van der Waals surface area (Å²) in [5, 5.41) is 3.08. The summed E-state index contributed by atoms with van der Waals surface area (Å²) in [4.78, 5) is 19.7. The molecular formula is C12H22N6O. The second-order valence-corrected chi connectivity index (χ2v) is 4.71. The topological polar surface area (TPSA) is 119 Å². The largest absolute Gasteiger partial charge is 0.368 e. The number of nitrogen functional groups attached to an aromatic ring is 1. The SMILES string of the molecule is CCCc1c(NN)ncnc1NC(C(N)=O)C(C)C. The zero-order chi connectivity index (χ0) is 14.4. The van der Waals surface area contributed by atoms with Crippen molar-refractivity contribution in [3.63, 3.8) is 0 Å². The molecule has 1 aromatic rings. The van der Waals surface area contributed by atoms with Gasteiger partial charge in [-0.05, 0) is 12.3 Å². The standard InChI is InChI=1S/C12H22N6O/c1-4-5-8-11(15-6-16-12(8)18-14)17-9(7(2)3)10(13)19/h6-7,9H,4-5,14H2,1-3H3,(H2,13,19)(H2,15,16,17,18). The van der Waals surface area contributed by atoms with Crippen molar-refractivity contribution in [2.75, 3.05) is 10.7 Å². The van der Waals surface area contributed by atoms with Gasteiger partial charge < -0.3 is 16.5 Å². The van der Waals surface area contributed by atoms with Crippen molar-refractivity contribution < 1.29 is 4.79 Å². The van der Waals surface area contributed by atoms with E-state index in [4.69, 9.17) is 11.6 Å². The van der Waals surface area contributed by atoms with Crippen LogP contribution in [0, 0.1) is 5.92 Å². The Kier molecular flexibility index (Phi) is 5.50. The molecule has 1 atom stereocenters. The summed E-state index contributed by atoms with van der Waals surface area (Å²) in [5.74, 6) is 6.26. The number of primary amides is 1. The van der Waals surface area contributed by atoms with E-state index in [0.717, 1.165) is 18.4 Å². The first-order valence-electron chi connectivity index (χ1n) is 6.37. The van der Waals surface area contributed by atoms with Crippen LogP contribution >= 0.6 is 0 Å². The maximum absolute atomic E-state index is 11.4. The van der Waals surface area contributed by atoms with Gasteiger partial charge in [0.2, 0.25) is 5.91 Å². The lowest BCUT2D eigenvalue weighted by atomic mass is 10.0. The number of rotatable bonds is 7. The van der Waals surface area contributed by atoms with Crippen LogP contribution in [0.3, 0.4) is 0 Å². The van der Waals surface area contributed by atoms with Crippen LogP contribution < -0.4 is 22.3 Å². The number of hydrogen-bond donors (Lipinski definition) is 4. The molecule has 0 spiro atoms.